The second-order valence-electron chi connectivity index (χ2n) is 3.20. The Bertz CT molecular complexity index is 77.0. The van der Waals surface area contributed by atoms with Crippen molar-refractivity contribution in [1.29, 1.82) is 0 Å². The van der Waals surface area contributed by atoms with Crippen molar-refractivity contribution in [2.24, 2.45) is 17.6 Å². The summed E-state index contributed by atoms with van der Waals surface area (Å²) in [6.45, 7) is 4.40. The van der Waals surface area contributed by atoms with Crippen molar-refractivity contribution < 1.29 is 0 Å². The first kappa shape index (κ1) is 9.25. The Hall–Kier alpha value is 0.250. The fourth-order valence-electron chi connectivity index (χ4n) is 1.39. The Morgan fingerprint density at radius 2 is 1.89 bits per heavy atom. The molecule has 0 bridgehead atoms. The molecular formula is C7H16ClN. The van der Waals surface area contributed by atoms with Gasteiger partial charge >= 0.3 is 0 Å². The minimum Gasteiger partial charge on any atom is -0.328 e. The lowest BCUT2D eigenvalue weighted by Crippen LogP contribution is -2.35. The molecule has 0 amide bonds. The molecule has 1 aliphatic rings. The third-order valence-electron chi connectivity index (χ3n) is 2.15. The summed E-state index contributed by atoms with van der Waals surface area (Å²) in [5.74, 6) is 1.79. The van der Waals surface area contributed by atoms with Crippen LogP contribution >= 0.6 is 12.4 Å². The predicted molar refractivity (Wildman–Crippen MR) is 42.8 cm³/mol. The topological polar surface area (TPSA) is 26.0 Å². The van der Waals surface area contributed by atoms with Crippen LogP contribution in [-0.2, 0) is 0 Å². The molecular weight excluding hydrogens is 134 g/mol. The standard InChI is InChI=1S/C7H15N.ClH/c1-5-3-7(4-5)6(2)8;/h5-7H,3-4,8H2,1-2H3;1H. The molecule has 9 heavy (non-hydrogen) atoms. The van der Waals surface area contributed by atoms with Gasteiger partial charge in [0.1, 0.15) is 0 Å². The zero-order valence-electron chi connectivity index (χ0n) is 6.13. The second kappa shape index (κ2) is 3.43. The number of hydrogen-bond donors (Lipinski definition) is 1. The molecule has 56 valence electrons. The van der Waals surface area contributed by atoms with Crippen LogP contribution in [0.25, 0.3) is 0 Å². The van der Waals surface area contributed by atoms with Gasteiger partial charge in [0.2, 0.25) is 0 Å². The van der Waals surface area contributed by atoms with Crippen molar-refractivity contribution in [2.75, 3.05) is 0 Å². The quantitative estimate of drug-likeness (QED) is 0.605. The molecule has 1 atom stereocenters. The fraction of sp³-hybridized carbons (Fsp3) is 1.00. The summed E-state index contributed by atoms with van der Waals surface area (Å²) in [6, 6.07) is 0.436. The lowest BCUT2D eigenvalue weighted by Gasteiger charge is -2.35. The molecule has 1 rings (SSSR count). The van der Waals surface area contributed by atoms with Crippen LogP contribution in [0.4, 0.5) is 0 Å². The fourth-order valence-corrected chi connectivity index (χ4v) is 1.39. The molecule has 0 heterocycles. The van der Waals surface area contributed by atoms with Crippen LogP contribution in [0.2, 0.25) is 0 Å². The molecule has 1 saturated carbocycles. The van der Waals surface area contributed by atoms with E-state index in [1.807, 2.05) is 0 Å². The van der Waals surface area contributed by atoms with Gasteiger partial charge in [-0.1, -0.05) is 6.92 Å². The van der Waals surface area contributed by atoms with Crippen LogP contribution in [0, 0.1) is 11.8 Å². The van der Waals surface area contributed by atoms with E-state index >= 15 is 0 Å². The van der Waals surface area contributed by atoms with E-state index in [9.17, 15) is 0 Å². The second-order valence-corrected chi connectivity index (χ2v) is 3.20. The average Bonchev–Trinajstić information content (AvgIpc) is 1.57. The highest BCUT2D eigenvalue weighted by Gasteiger charge is 2.27. The van der Waals surface area contributed by atoms with Crippen molar-refractivity contribution >= 4 is 12.4 Å². The molecule has 0 saturated heterocycles. The number of hydrogen-bond acceptors (Lipinski definition) is 1. The van der Waals surface area contributed by atoms with Gasteiger partial charge in [0.25, 0.3) is 0 Å². The van der Waals surface area contributed by atoms with Gasteiger partial charge in [0.15, 0.2) is 0 Å². The van der Waals surface area contributed by atoms with Gasteiger partial charge in [-0.05, 0) is 31.6 Å². The van der Waals surface area contributed by atoms with Gasteiger partial charge in [0.05, 0.1) is 0 Å². The molecule has 1 fully saturated rings. The Labute approximate surface area is 63.4 Å². The van der Waals surface area contributed by atoms with E-state index in [1.54, 1.807) is 0 Å². The van der Waals surface area contributed by atoms with Crippen LogP contribution in [-0.4, -0.2) is 6.04 Å². The van der Waals surface area contributed by atoms with Crippen molar-refractivity contribution in [3.8, 4) is 0 Å². The van der Waals surface area contributed by atoms with Gasteiger partial charge < -0.3 is 5.73 Å². The van der Waals surface area contributed by atoms with Crippen LogP contribution < -0.4 is 5.73 Å². The average molecular weight is 150 g/mol. The lowest BCUT2D eigenvalue weighted by atomic mass is 9.73. The van der Waals surface area contributed by atoms with Gasteiger partial charge in [-0.2, -0.15) is 0 Å². The first-order valence-corrected chi connectivity index (χ1v) is 3.45. The molecule has 0 radical (unpaired) electrons. The molecule has 2 N–H and O–H groups in total. The van der Waals surface area contributed by atoms with E-state index in [-0.39, 0.29) is 12.4 Å². The summed E-state index contributed by atoms with van der Waals surface area (Å²) in [7, 11) is 0. The maximum atomic E-state index is 5.66. The van der Waals surface area contributed by atoms with E-state index < -0.39 is 0 Å². The summed E-state index contributed by atoms with van der Waals surface area (Å²) in [4.78, 5) is 0. The largest absolute Gasteiger partial charge is 0.328 e. The number of halogens is 1. The van der Waals surface area contributed by atoms with E-state index in [2.05, 4.69) is 13.8 Å². The minimum atomic E-state index is 0. The predicted octanol–water partition coefficient (Wildman–Crippen LogP) is 1.80. The Kier molecular flexibility index (Phi) is 3.52. The minimum absolute atomic E-state index is 0. The van der Waals surface area contributed by atoms with Gasteiger partial charge in [0, 0.05) is 6.04 Å². The first-order valence-electron chi connectivity index (χ1n) is 3.45. The Balaban J connectivity index is 0.000000640. The summed E-state index contributed by atoms with van der Waals surface area (Å²) < 4.78 is 0. The van der Waals surface area contributed by atoms with Gasteiger partial charge in [-0.25, -0.2) is 0 Å². The summed E-state index contributed by atoms with van der Waals surface area (Å²) in [5.41, 5.74) is 5.66. The van der Waals surface area contributed by atoms with E-state index in [0.717, 1.165) is 11.8 Å². The smallest absolute Gasteiger partial charge is 0.00389 e. The van der Waals surface area contributed by atoms with E-state index in [1.165, 1.54) is 12.8 Å². The summed E-state index contributed by atoms with van der Waals surface area (Å²) >= 11 is 0. The van der Waals surface area contributed by atoms with Gasteiger partial charge in [-0.3, -0.25) is 0 Å². The molecule has 1 aliphatic carbocycles. The van der Waals surface area contributed by atoms with Crippen molar-refractivity contribution in [1.82, 2.24) is 0 Å². The van der Waals surface area contributed by atoms with E-state index in [4.69, 9.17) is 5.73 Å². The van der Waals surface area contributed by atoms with E-state index in [0.29, 0.717) is 6.04 Å². The highest BCUT2D eigenvalue weighted by atomic mass is 35.5. The normalized spacial score (nSPS) is 36.3. The SMILES string of the molecule is CC1CC(C(C)N)C1.Cl. The highest BCUT2D eigenvalue weighted by molar-refractivity contribution is 5.85. The molecule has 0 aromatic rings. The first-order chi connectivity index (χ1) is 3.70. The van der Waals surface area contributed by atoms with Crippen molar-refractivity contribution in [3.63, 3.8) is 0 Å². The molecule has 0 aromatic carbocycles. The third-order valence-corrected chi connectivity index (χ3v) is 2.15. The molecule has 0 aliphatic heterocycles. The third kappa shape index (κ3) is 2.15. The molecule has 1 unspecified atom stereocenters. The monoisotopic (exact) mass is 149 g/mol. The van der Waals surface area contributed by atoms with Crippen LogP contribution in [0.1, 0.15) is 26.7 Å². The summed E-state index contributed by atoms with van der Waals surface area (Å²) in [5, 5.41) is 0. The Morgan fingerprint density at radius 1 is 1.44 bits per heavy atom. The van der Waals surface area contributed by atoms with Gasteiger partial charge in [-0.15, -0.1) is 12.4 Å². The van der Waals surface area contributed by atoms with Crippen molar-refractivity contribution in [3.05, 3.63) is 0 Å². The zero-order chi connectivity index (χ0) is 6.15. The van der Waals surface area contributed by atoms with Crippen molar-refractivity contribution in [2.45, 2.75) is 32.7 Å². The Morgan fingerprint density at radius 3 is 2.00 bits per heavy atom. The maximum absolute atomic E-state index is 5.66. The molecule has 0 aromatic heterocycles. The number of rotatable bonds is 1. The molecule has 0 spiro atoms. The molecule has 1 nitrogen and oxygen atoms in total. The summed E-state index contributed by atoms with van der Waals surface area (Å²) in [6.07, 6.45) is 2.72. The zero-order valence-corrected chi connectivity index (χ0v) is 6.95. The number of nitrogens with two attached hydrogens (primary N) is 1. The van der Waals surface area contributed by atoms with Crippen LogP contribution in [0.3, 0.4) is 0 Å². The lowest BCUT2D eigenvalue weighted by molar-refractivity contribution is 0.184. The maximum Gasteiger partial charge on any atom is 0.00389 e. The highest BCUT2D eigenvalue weighted by Crippen LogP contribution is 2.34. The van der Waals surface area contributed by atoms with Crippen LogP contribution in [0.15, 0.2) is 0 Å². The molecule has 2 heteroatoms. The van der Waals surface area contributed by atoms with Crippen LogP contribution in [0.5, 0.6) is 0 Å².